The number of carbonyl (C=O) groups is 2. The van der Waals surface area contributed by atoms with Crippen LogP contribution in [0.3, 0.4) is 0 Å². The molecule has 5 heteroatoms. The highest BCUT2D eigenvalue weighted by Gasteiger charge is 2.40. The van der Waals surface area contributed by atoms with Gasteiger partial charge in [-0.25, -0.2) is 0 Å². The third-order valence-corrected chi connectivity index (χ3v) is 5.47. The minimum absolute atomic E-state index is 0.0501. The van der Waals surface area contributed by atoms with Gasteiger partial charge in [0.15, 0.2) is 0 Å². The Morgan fingerprint density at radius 2 is 2.00 bits per heavy atom. The van der Waals surface area contributed by atoms with E-state index in [9.17, 15) is 9.59 Å². The molecule has 1 aromatic carbocycles. The number of amides is 2. The van der Waals surface area contributed by atoms with E-state index in [4.69, 9.17) is 4.74 Å². The lowest BCUT2D eigenvalue weighted by atomic mass is 9.83. The molecule has 0 aliphatic carbocycles. The van der Waals surface area contributed by atoms with Gasteiger partial charge in [0.1, 0.15) is 5.75 Å². The van der Waals surface area contributed by atoms with Gasteiger partial charge in [0.05, 0.1) is 12.2 Å². The number of para-hydroxylation sites is 1. The molecule has 0 radical (unpaired) electrons. The number of carbonyl (C=O) groups excluding carboxylic acids is 2. The van der Waals surface area contributed by atoms with Crippen molar-refractivity contribution in [1.29, 1.82) is 0 Å². The Balaban J connectivity index is 1.71. The lowest BCUT2D eigenvalue weighted by molar-refractivity contribution is -0.140. The van der Waals surface area contributed by atoms with Crippen LogP contribution in [-0.2, 0) is 4.79 Å². The average Bonchev–Trinajstić information content (AvgIpc) is 2.68. The minimum Gasteiger partial charge on any atom is -0.493 e. The van der Waals surface area contributed by atoms with Crippen molar-refractivity contribution in [2.24, 2.45) is 5.92 Å². The first kappa shape index (κ1) is 18.7. The van der Waals surface area contributed by atoms with Gasteiger partial charge in [0.25, 0.3) is 5.91 Å². The van der Waals surface area contributed by atoms with Gasteiger partial charge in [-0.05, 0) is 43.7 Å². The van der Waals surface area contributed by atoms with Crippen LogP contribution < -0.4 is 4.74 Å². The average molecular weight is 358 g/mol. The van der Waals surface area contributed by atoms with E-state index in [1.165, 1.54) is 0 Å². The number of rotatable bonds is 6. The maximum absolute atomic E-state index is 13.1. The van der Waals surface area contributed by atoms with Gasteiger partial charge in [-0.1, -0.05) is 26.0 Å². The monoisotopic (exact) mass is 358 g/mol. The molecule has 2 fully saturated rings. The molecule has 2 atom stereocenters. The fourth-order valence-electron chi connectivity index (χ4n) is 4.22. The van der Waals surface area contributed by atoms with Gasteiger partial charge in [-0.15, -0.1) is 0 Å². The number of nitrogens with zero attached hydrogens (tertiary/aromatic N) is 2. The molecular weight excluding hydrogens is 328 g/mol. The zero-order chi connectivity index (χ0) is 18.5. The van der Waals surface area contributed by atoms with Crippen LogP contribution in [0.5, 0.6) is 5.75 Å². The van der Waals surface area contributed by atoms with Crippen LogP contribution in [0, 0.1) is 5.92 Å². The van der Waals surface area contributed by atoms with Crippen LogP contribution in [0.2, 0.25) is 0 Å². The summed E-state index contributed by atoms with van der Waals surface area (Å²) in [5.74, 6) is 1.40. The summed E-state index contributed by atoms with van der Waals surface area (Å²) < 4.78 is 5.77. The van der Waals surface area contributed by atoms with Crippen molar-refractivity contribution >= 4 is 11.8 Å². The highest BCUT2D eigenvalue weighted by molar-refractivity contribution is 5.97. The molecule has 2 aliphatic heterocycles. The van der Waals surface area contributed by atoms with Gasteiger partial charge < -0.3 is 14.5 Å². The van der Waals surface area contributed by atoms with Crippen LogP contribution in [0.4, 0.5) is 0 Å². The number of hydrogen-bond acceptors (Lipinski definition) is 3. The first-order valence-electron chi connectivity index (χ1n) is 9.96. The highest BCUT2D eigenvalue weighted by atomic mass is 16.5. The molecular formula is C21H30N2O3. The van der Waals surface area contributed by atoms with Crippen molar-refractivity contribution in [3.05, 3.63) is 29.8 Å². The Kier molecular flexibility index (Phi) is 6.17. The first-order chi connectivity index (χ1) is 12.7. The third-order valence-electron chi connectivity index (χ3n) is 5.47. The quantitative estimate of drug-likeness (QED) is 0.784. The lowest BCUT2D eigenvalue weighted by Gasteiger charge is -2.47. The number of fused-ring (bicyclic) bond motifs is 1. The zero-order valence-corrected chi connectivity index (χ0v) is 15.9. The van der Waals surface area contributed by atoms with E-state index >= 15 is 0 Å². The third kappa shape index (κ3) is 3.87. The van der Waals surface area contributed by atoms with Gasteiger partial charge in [0.2, 0.25) is 5.91 Å². The Morgan fingerprint density at radius 1 is 1.19 bits per heavy atom. The second kappa shape index (κ2) is 8.56. The van der Waals surface area contributed by atoms with Crippen LogP contribution in [0.1, 0.15) is 56.3 Å². The van der Waals surface area contributed by atoms with Crippen LogP contribution in [0.15, 0.2) is 24.3 Å². The van der Waals surface area contributed by atoms with E-state index in [1.807, 2.05) is 29.2 Å². The van der Waals surface area contributed by atoms with E-state index in [2.05, 4.69) is 18.7 Å². The predicted octanol–water partition coefficient (Wildman–Crippen LogP) is 3.34. The summed E-state index contributed by atoms with van der Waals surface area (Å²) in [7, 11) is 0. The maximum Gasteiger partial charge on any atom is 0.257 e. The number of piperidine rings is 2. The molecule has 0 bridgehead atoms. The molecule has 1 aromatic rings. The number of hydrogen-bond donors (Lipinski definition) is 0. The first-order valence-corrected chi connectivity index (χ1v) is 9.96. The molecule has 0 N–H and O–H groups in total. The van der Waals surface area contributed by atoms with Crippen molar-refractivity contribution in [1.82, 2.24) is 9.80 Å². The smallest absolute Gasteiger partial charge is 0.257 e. The molecule has 26 heavy (non-hydrogen) atoms. The van der Waals surface area contributed by atoms with E-state index in [0.717, 1.165) is 38.8 Å². The molecule has 0 unspecified atom stereocenters. The fraction of sp³-hybridized carbons (Fsp3) is 0.619. The molecule has 142 valence electrons. The molecule has 2 saturated heterocycles. The van der Waals surface area contributed by atoms with Crippen LogP contribution in [0.25, 0.3) is 0 Å². The lowest BCUT2D eigenvalue weighted by Crippen LogP contribution is -2.57. The summed E-state index contributed by atoms with van der Waals surface area (Å²) in [4.78, 5) is 29.4. The summed E-state index contributed by atoms with van der Waals surface area (Å²) in [6, 6.07) is 7.82. The van der Waals surface area contributed by atoms with Crippen molar-refractivity contribution in [3.63, 3.8) is 0 Å². The topological polar surface area (TPSA) is 49.9 Å². The molecule has 2 amide bonds. The summed E-state index contributed by atoms with van der Waals surface area (Å²) in [6.07, 6.45) is 4.28. The maximum atomic E-state index is 13.1. The minimum atomic E-state index is 0.0501. The largest absolute Gasteiger partial charge is 0.493 e. The number of benzene rings is 1. The second-order valence-corrected chi connectivity index (χ2v) is 7.34. The van der Waals surface area contributed by atoms with Crippen LogP contribution >= 0.6 is 0 Å². The Labute approximate surface area is 156 Å². The Hall–Kier alpha value is -2.04. The number of likely N-dealkylation sites (tertiary alicyclic amines) is 2. The summed E-state index contributed by atoms with van der Waals surface area (Å²) in [6.45, 7) is 7.06. The predicted molar refractivity (Wildman–Crippen MR) is 101 cm³/mol. The molecule has 5 nitrogen and oxygen atoms in total. The Bertz CT molecular complexity index is 646. The summed E-state index contributed by atoms with van der Waals surface area (Å²) >= 11 is 0. The van der Waals surface area contributed by atoms with Crippen molar-refractivity contribution < 1.29 is 14.3 Å². The van der Waals surface area contributed by atoms with Gasteiger partial charge in [0, 0.05) is 32.1 Å². The van der Waals surface area contributed by atoms with E-state index in [1.54, 1.807) is 0 Å². The SMILES string of the molecule is CCCOc1ccccc1C(=O)N1CC[C@@H]2[C@@H](CCC(=O)N2CCC)C1. The molecule has 0 spiro atoms. The fourth-order valence-corrected chi connectivity index (χ4v) is 4.22. The van der Waals surface area contributed by atoms with Crippen molar-refractivity contribution in [2.75, 3.05) is 26.2 Å². The Morgan fingerprint density at radius 3 is 2.77 bits per heavy atom. The van der Waals surface area contributed by atoms with Crippen LogP contribution in [-0.4, -0.2) is 53.9 Å². The van der Waals surface area contributed by atoms with Crippen molar-refractivity contribution in [3.8, 4) is 5.75 Å². The molecule has 3 rings (SSSR count). The van der Waals surface area contributed by atoms with Gasteiger partial charge in [-0.2, -0.15) is 0 Å². The summed E-state index contributed by atoms with van der Waals surface area (Å²) in [5.41, 5.74) is 0.650. The van der Waals surface area contributed by atoms with Gasteiger partial charge >= 0.3 is 0 Å². The zero-order valence-electron chi connectivity index (χ0n) is 15.9. The second-order valence-electron chi connectivity index (χ2n) is 7.34. The number of ether oxygens (including phenoxy) is 1. The van der Waals surface area contributed by atoms with E-state index in [0.29, 0.717) is 42.8 Å². The normalized spacial score (nSPS) is 22.9. The highest BCUT2D eigenvalue weighted by Crippen LogP contribution is 2.32. The molecule has 2 heterocycles. The van der Waals surface area contributed by atoms with Gasteiger partial charge in [-0.3, -0.25) is 9.59 Å². The van der Waals surface area contributed by atoms with E-state index < -0.39 is 0 Å². The standard InChI is InChI=1S/C21H30N2O3/c1-3-12-23-18-11-13-22(15-16(18)9-10-20(23)24)21(25)17-7-5-6-8-19(17)26-14-4-2/h5-8,16,18H,3-4,9-15H2,1-2H3/t16-,18+/m0/s1. The molecule has 2 aliphatic rings. The summed E-state index contributed by atoms with van der Waals surface area (Å²) in [5, 5.41) is 0. The molecule has 0 saturated carbocycles. The van der Waals surface area contributed by atoms with Crippen molar-refractivity contribution in [2.45, 2.75) is 52.0 Å². The van der Waals surface area contributed by atoms with E-state index in [-0.39, 0.29) is 11.8 Å². The molecule has 0 aromatic heterocycles.